The highest BCUT2D eigenvalue weighted by Gasteiger charge is 2.20. The lowest BCUT2D eigenvalue weighted by Gasteiger charge is -2.19. The second-order valence-corrected chi connectivity index (χ2v) is 8.57. The van der Waals surface area contributed by atoms with Crippen molar-refractivity contribution in [3.05, 3.63) is 80.1 Å². The van der Waals surface area contributed by atoms with Gasteiger partial charge < -0.3 is 15.0 Å². The summed E-state index contributed by atoms with van der Waals surface area (Å²) in [5.41, 5.74) is 1.97. The first-order valence-electron chi connectivity index (χ1n) is 9.04. The molecule has 1 N–H and O–H groups in total. The molecule has 0 fully saturated rings. The van der Waals surface area contributed by atoms with Crippen molar-refractivity contribution >= 4 is 51.4 Å². The smallest absolute Gasteiger partial charge is 0.264 e. The number of benzene rings is 2. The van der Waals surface area contributed by atoms with Gasteiger partial charge in [0.2, 0.25) is 0 Å². The molecule has 0 aliphatic carbocycles. The number of rotatable bonds is 6. The first kappa shape index (κ1) is 22.2. The fourth-order valence-electron chi connectivity index (χ4n) is 2.95. The lowest BCUT2D eigenvalue weighted by molar-refractivity contribution is 0.0788. The van der Waals surface area contributed by atoms with Crippen LogP contribution < -0.4 is 10.1 Å². The van der Waals surface area contributed by atoms with Gasteiger partial charge in [-0.25, -0.2) is 0 Å². The Kier molecular flexibility index (Phi) is 7.02. The van der Waals surface area contributed by atoms with Crippen LogP contribution in [0.4, 0.5) is 5.00 Å². The lowest BCUT2D eigenvalue weighted by atomic mass is 10.2. The molecule has 2 aromatic carbocycles. The average molecular weight is 463 g/mol. The number of halogens is 2. The number of methoxy groups -OCH3 is 1. The number of nitrogens with one attached hydrogen (secondary N) is 1. The van der Waals surface area contributed by atoms with Gasteiger partial charge in [-0.1, -0.05) is 35.3 Å². The summed E-state index contributed by atoms with van der Waals surface area (Å²) >= 11 is 13.4. The van der Waals surface area contributed by atoms with E-state index in [0.717, 1.165) is 11.1 Å². The Labute approximate surface area is 189 Å². The summed E-state index contributed by atoms with van der Waals surface area (Å²) in [4.78, 5) is 27.6. The molecule has 1 aromatic heterocycles. The summed E-state index contributed by atoms with van der Waals surface area (Å²) in [6.07, 6.45) is 0. The molecule has 0 atom stereocenters. The topological polar surface area (TPSA) is 58.6 Å². The van der Waals surface area contributed by atoms with Crippen LogP contribution in [0.15, 0.2) is 48.5 Å². The maximum Gasteiger partial charge on any atom is 0.264 e. The second kappa shape index (κ2) is 9.51. The number of ether oxygens (including phenoxy) is 1. The lowest BCUT2D eigenvalue weighted by Crippen LogP contribution is -2.26. The maximum absolute atomic E-state index is 13.0. The number of hydrogen-bond donors (Lipinski definition) is 1. The van der Waals surface area contributed by atoms with E-state index in [4.69, 9.17) is 27.9 Å². The van der Waals surface area contributed by atoms with Crippen molar-refractivity contribution in [2.75, 3.05) is 19.5 Å². The third-order valence-electron chi connectivity index (χ3n) is 4.46. The van der Waals surface area contributed by atoms with Crippen LogP contribution in [0.5, 0.6) is 5.75 Å². The molecule has 3 aromatic rings. The van der Waals surface area contributed by atoms with Crippen molar-refractivity contribution < 1.29 is 14.3 Å². The number of aryl methyl sites for hydroxylation is 1. The fraction of sp³-hybridized carbons (Fsp3) is 0.182. The molecule has 0 bridgehead atoms. The highest BCUT2D eigenvalue weighted by Crippen LogP contribution is 2.30. The van der Waals surface area contributed by atoms with E-state index in [9.17, 15) is 9.59 Å². The molecule has 3 rings (SSSR count). The molecule has 8 heteroatoms. The Morgan fingerprint density at radius 1 is 1.13 bits per heavy atom. The molecule has 5 nitrogen and oxygen atoms in total. The molecule has 0 aliphatic rings. The zero-order chi connectivity index (χ0) is 21.8. The van der Waals surface area contributed by atoms with Crippen molar-refractivity contribution in [3.63, 3.8) is 0 Å². The predicted molar refractivity (Wildman–Crippen MR) is 122 cm³/mol. The van der Waals surface area contributed by atoms with Gasteiger partial charge in [0.15, 0.2) is 0 Å². The Balaban J connectivity index is 1.76. The molecule has 0 aliphatic heterocycles. The van der Waals surface area contributed by atoms with E-state index in [-0.39, 0.29) is 11.8 Å². The van der Waals surface area contributed by atoms with Crippen LogP contribution in [-0.2, 0) is 6.54 Å². The maximum atomic E-state index is 13.0. The summed E-state index contributed by atoms with van der Waals surface area (Å²) in [6.45, 7) is 2.17. The van der Waals surface area contributed by atoms with Gasteiger partial charge in [-0.2, -0.15) is 0 Å². The number of anilines is 1. The normalized spacial score (nSPS) is 10.6. The molecule has 0 spiro atoms. The standard InChI is InChI=1S/C22H20Cl2N2O3S/c1-13-10-19(25-21(27)16-6-4-5-7-17(16)24)30-20(13)22(28)26(2)12-14-11-15(23)8-9-18(14)29-3/h4-11H,12H2,1-3H3,(H,25,27). The van der Waals surface area contributed by atoms with Crippen LogP contribution in [0.2, 0.25) is 10.0 Å². The van der Waals surface area contributed by atoms with Gasteiger partial charge in [-0.05, 0) is 48.9 Å². The molecule has 0 saturated carbocycles. The Hall–Kier alpha value is -2.54. The highest BCUT2D eigenvalue weighted by atomic mass is 35.5. The minimum absolute atomic E-state index is 0.155. The van der Waals surface area contributed by atoms with Gasteiger partial charge in [0.05, 0.1) is 27.6 Å². The quantitative estimate of drug-likeness (QED) is 0.496. The second-order valence-electron chi connectivity index (χ2n) is 6.67. The van der Waals surface area contributed by atoms with Crippen LogP contribution in [0, 0.1) is 6.92 Å². The van der Waals surface area contributed by atoms with E-state index in [1.54, 1.807) is 67.6 Å². The first-order chi connectivity index (χ1) is 14.3. The first-order valence-corrected chi connectivity index (χ1v) is 10.6. The molecule has 0 saturated heterocycles. The van der Waals surface area contributed by atoms with Crippen LogP contribution in [0.3, 0.4) is 0 Å². The number of carbonyl (C=O) groups is 2. The fourth-order valence-corrected chi connectivity index (χ4v) is 4.43. The Bertz CT molecular complexity index is 1100. The molecular formula is C22H20Cl2N2O3S. The zero-order valence-electron chi connectivity index (χ0n) is 16.7. The molecule has 0 unspecified atom stereocenters. The minimum atomic E-state index is -0.321. The van der Waals surface area contributed by atoms with E-state index >= 15 is 0 Å². The summed E-state index contributed by atoms with van der Waals surface area (Å²) in [5.74, 6) is 0.185. The highest BCUT2D eigenvalue weighted by molar-refractivity contribution is 7.18. The molecule has 2 amide bonds. The van der Waals surface area contributed by atoms with Crippen LogP contribution >= 0.6 is 34.5 Å². The summed E-state index contributed by atoms with van der Waals surface area (Å²) in [5, 5.41) is 4.34. The third-order valence-corrected chi connectivity index (χ3v) is 6.17. The zero-order valence-corrected chi connectivity index (χ0v) is 19.0. The minimum Gasteiger partial charge on any atom is -0.496 e. The van der Waals surface area contributed by atoms with Crippen LogP contribution in [0.25, 0.3) is 0 Å². The van der Waals surface area contributed by atoms with Gasteiger partial charge in [-0.3, -0.25) is 9.59 Å². The molecule has 0 radical (unpaired) electrons. The molecule has 1 heterocycles. The van der Waals surface area contributed by atoms with Crippen molar-refractivity contribution in [2.45, 2.75) is 13.5 Å². The Morgan fingerprint density at radius 2 is 1.87 bits per heavy atom. The SMILES string of the molecule is COc1ccc(Cl)cc1CN(C)C(=O)c1sc(NC(=O)c2ccccc2Cl)cc1C. The van der Waals surface area contributed by atoms with Crippen molar-refractivity contribution in [2.24, 2.45) is 0 Å². The van der Waals surface area contributed by atoms with Gasteiger partial charge in [0.25, 0.3) is 11.8 Å². The number of carbonyl (C=O) groups excluding carboxylic acids is 2. The van der Waals surface area contributed by atoms with E-state index in [1.165, 1.54) is 11.3 Å². The largest absolute Gasteiger partial charge is 0.496 e. The number of amides is 2. The molecule has 156 valence electrons. The van der Waals surface area contributed by atoms with Crippen molar-refractivity contribution in [3.8, 4) is 5.75 Å². The van der Waals surface area contributed by atoms with Crippen LogP contribution in [0.1, 0.15) is 31.2 Å². The van der Waals surface area contributed by atoms with E-state index in [0.29, 0.717) is 37.8 Å². The third kappa shape index (κ3) is 4.95. The van der Waals surface area contributed by atoms with Gasteiger partial charge in [-0.15, -0.1) is 11.3 Å². The van der Waals surface area contributed by atoms with Gasteiger partial charge in [0.1, 0.15) is 5.75 Å². The Morgan fingerprint density at radius 3 is 2.57 bits per heavy atom. The van der Waals surface area contributed by atoms with Gasteiger partial charge >= 0.3 is 0 Å². The number of hydrogen-bond acceptors (Lipinski definition) is 4. The summed E-state index contributed by atoms with van der Waals surface area (Å²) in [7, 11) is 3.29. The van der Waals surface area contributed by atoms with Gasteiger partial charge in [0, 0.05) is 24.2 Å². The number of nitrogens with zero attached hydrogens (tertiary/aromatic N) is 1. The summed E-state index contributed by atoms with van der Waals surface area (Å²) < 4.78 is 5.36. The number of thiophene rings is 1. The van der Waals surface area contributed by atoms with Crippen molar-refractivity contribution in [1.29, 1.82) is 0 Å². The van der Waals surface area contributed by atoms with E-state index in [1.807, 2.05) is 6.92 Å². The average Bonchev–Trinajstić information content (AvgIpc) is 3.07. The predicted octanol–water partition coefficient (Wildman–Crippen LogP) is 5.90. The van der Waals surface area contributed by atoms with Crippen molar-refractivity contribution in [1.82, 2.24) is 4.90 Å². The van der Waals surface area contributed by atoms with Crippen LogP contribution in [-0.4, -0.2) is 30.9 Å². The van der Waals surface area contributed by atoms with E-state index < -0.39 is 0 Å². The van der Waals surface area contributed by atoms with E-state index in [2.05, 4.69) is 5.32 Å². The molecular weight excluding hydrogens is 443 g/mol. The summed E-state index contributed by atoms with van der Waals surface area (Å²) in [6, 6.07) is 13.9. The molecule has 30 heavy (non-hydrogen) atoms. The monoisotopic (exact) mass is 462 g/mol.